The van der Waals surface area contributed by atoms with Crippen molar-refractivity contribution in [1.82, 2.24) is 0 Å². The first-order valence-corrected chi connectivity index (χ1v) is 10.7. The standard InChI is InChI=1S/C22H20N2O7S/c1-2-31-22(30)14-5-9-16(10-6-14)24-19(26)11-17(20(24)27)32-12-18(25)23-15-7-3-13(4-8-15)21(28)29/h3-10,17H,2,11-12H2,1H3,(H,23,25)(H,28,29). The Hall–Kier alpha value is -3.66. The molecule has 2 aromatic rings. The van der Waals surface area contributed by atoms with Crippen molar-refractivity contribution in [2.45, 2.75) is 18.6 Å². The SMILES string of the molecule is CCOC(=O)c1ccc(N2C(=O)CC(SCC(=O)Nc3ccc(C(=O)O)cc3)C2=O)cc1. The van der Waals surface area contributed by atoms with Gasteiger partial charge in [0.1, 0.15) is 0 Å². The fraction of sp³-hybridized carbons (Fsp3) is 0.227. The zero-order valence-electron chi connectivity index (χ0n) is 17.1. The molecule has 0 spiro atoms. The van der Waals surface area contributed by atoms with E-state index in [1.54, 1.807) is 6.92 Å². The molecule has 3 amide bonds. The Balaban J connectivity index is 1.57. The first-order chi connectivity index (χ1) is 15.3. The minimum Gasteiger partial charge on any atom is -0.478 e. The highest BCUT2D eigenvalue weighted by atomic mass is 32.2. The van der Waals surface area contributed by atoms with Crippen LogP contribution in [0.5, 0.6) is 0 Å². The predicted molar refractivity (Wildman–Crippen MR) is 118 cm³/mol. The first-order valence-electron chi connectivity index (χ1n) is 9.69. The lowest BCUT2D eigenvalue weighted by atomic mass is 10.2. The Bertz CT molecular complexity index is 1050. The highest BCUT2D eigenvalue weighted by Crippen LogP contribution is 2.30. The largest absolute Gasteiger partial charge is 0.478 e. The summed E-state index contributed by atoms with van der Waals surface area (Å²) in [4.78, 5) is 61.0. The van der Waals surface area contributed by atoms with Crippen molar-refractivity contribution in [3.8, 4) is 0 Å². The number of benzene rings is 2. The number of carboxylic acid groups (broad SMARTS) is 1. The van der Waals surface area contributed by atoms with Crippen LogP contribution >= 0.6 is 11.8 Å². The van der Waals surface area contributed by atoms with E-state index in [1.807, 2.05) is 0 Å². The maximum atomic E-state index is 12.7. The maximum absolute atomic E-state index is 12.7. The highest BCUT2D eigenvalue weighted by molar-refractivity contribution is 8.01. The van der Waals surface area contributed by atoms with Crippen molar-refractivity contribution in [1.29, 1.82) is 0 Å². The number of rotatable bonds is 8. The van der Waals surface area contributed by atoms with Crippen LogP contribution in [0.25, 0.3) is 0 Å². The lowest BCUT2D eigenvalue weighted by Gasteiger charge is -2.15. The minimum absolute atomic E-state index is 0.0380. The average Bonchev–Trinajstić information content (AvgIpc) is 3.06. The first kappa shape index (κ1) is 23.0. The molecule has 0 aromatic heterocycles. The maximum Gasteiger partial charge on any atom is 0.338 e. The van der Waals surface area contributed by atoms with Gasteiger partial charge in [-0.3, -0.25) is 14.4 Å². The Morgan fingerprint density at radius 1 is 1.06 bits per heavy atom. The third-order valence-corrected chi connectivity index (χ3v) is 5.77. The van der Waals surface area contributed by atoms with Crippen LogP contribution in [0.3, 0.4) is 0 Å². The van der Waals surface area contributed by atoms with E-state index in [9.17, 15) is 24.0 Å². The van der Waals surface area contributed by atoms with Crippen LogP contribution in [0.4, 0.5) is 11.4 Å². The van der Waals surface area contributed by atoms with Crippen LogP contribution in [0.1, 0.15) is 34.1 Å². The number of esters is 1. The van der Waals surface area contributed by atoms with E-state index in [-0.39, 0.29) is 36.2 Å². The predicted octanol–water partition coefficient (Wildman–Crippen LogP) is 2.57. The zero-order chi connectivity index (χ0) is 23.3. The summed E-state index contributed by atoms with van der Waals surface area (Å²) in [5, 5.41) is 10.8. The molecule has 10 heteroatoms. The number of aromatic carboxylic acids is 1. The third-order valence-electron chi connectivity index (χ3n) is 4.57. The van der Waals surface area contributed by atoms with E-state index in [0.717, 1.165) is 16.7 Å². The zero-order valence-corrected chi connectivity index (χ0v) is 17.9. The van der Waals surface area contributed by atoms with Crippen LogP contribution < -0.4 is 10.2 Å². The molecular formula is C22H20N2O7S. The Morgan fingerprint density at radius 2 is 1.69 bits per heavy atom. The molecule has 166 valence electrons. The molecule has 2 N–H and O–H groups in total. The molecule has 1 unspecified atom stereocenters. The van der Waals surface area contributed by atoms with E-state index in [0.29, 0.717) is 16.9 Å². The number of carbonyl (C=O) groups excluding carboxylic acids is 4. The molecule has 32 heavy (non-hydrogen) atoms. The Labute approximate surface area is 187 Å². The third kappa shape index (κ3) is 5.33. The van der Waals surface area contributed by atoms with Crippen molar-refractivity contribution < 1.29 is 33.8 Å². The van der Waals surface area contributed by atoms with Gasteiger partial charge in [0.25, 0.3) is 0 Å². The molecule has 1 fully saturated rings. The van der Waals surface area contributed by atoms with Crippen LogP contribution in [-0.2, 0) is 19.1 Å². The van der Waals surface area contributed by atoms with Gasteiger partial charge in [0, 0.05) is 12.1 Å². The summed E-state index contributed by atoms with van der Waals surface area (Å²) in [5.41, 5.74) is 1.19. The van der Waals surface area contributed by atoms with Gasteiger partial charge in [-0.15, -0.1) is 11.8 Å². The number of imide groups is 1. The van der Waals surface area contributed by atoms with Crippen LogP contribution in [0, 0.1) is 0 Å². The second kappa shape index (κ2) is 10.1. The van der Waals surface area contributed by atoms with Crippen LogP contribution in [0.2, 0.25) is 0 Å². The molecule has 2 aromatic carbocycles. The smallest absolute Gasteiger partial charge is 0.338 e. The Morgan fingerprint density at radius 3 is 2.28 bits per heavy atom. The van der Waals surface area contributed by atoms with Gasteiger partial charge in [0.2, 0.25) is 17.7 Å². The summed E-state index contributed by atoms with van der Waals surface area (Å²) in [6, 6.07) is 11.7. The fourth-order valence-corrected chi connectivity index (χ4v) is 3.97. The molecule has 0 aliphatic carbocycles. The van der Waals surface area contributed by atoms with Gasteiger partial charge < -0.3 is 15.2 Å². The lowest BCUT2D eigenvalue weighted by molar-refractivity contribution is -0.121. The molecule has 0 saturated carbocycles. The van der Waals surface area contributed by atoms with Crippen molar-refractivity contribution in [3.63, 3.8) is 0 Å². The van der Waals surface area contributed by atoms with Crippen LogP contribution in [-0.4, -0.2) is 52.4 Å². The summed E-state index contributed by atoms with van der Waals surface area (Å²) in [7, 11) is 0. The quantitative estimate of drug-likeness (QED) is 0.458. The van der Waals surface area contributed by atoms with Gasteiger partial charge in [-0.1, -0.05) is 0 Å². The normalized spacial score (nSPS) is 15.5. The van der Waals surface area contributed by atoms with Gasteiger partial charge in [-0.2, -0.15) is 0 Å². The minimum atomic E-state index is -1.07. The molecule has 3 rings (SSSR count). The molecule has 1 atom stereocenters. The van der Waals surface area contributed by atoms with E-state index in [2.05, 4.69) is 5.32 Å². The number of carbonyl (C=O) groups is 5. The average molecular weight is 456 g/mol. The topological polar surface area (TPSA) is 130 Å². The number of thioether (sulfide) groups is 1. The van der Waals surface area contributed by atoms with Gasteiger partial charge in [-0.25, -0.2) is 14.5 Å². The number of hydrogen-bond donors (Lipinski definition) is 2. The molecule has 1 aliphatic rings. The number of ether oxygens (including phenoxy) is 1. The second-order valence-electron chi connectivity index (χ2n) is 6.77. The van der Waals surface area contributed by atoms with E-state index >= 15 is 0 Å². The number of nitrogens with one attached hydrogen (secondary N) is 1. The summed E-state index contributed by atoms with van der Waals surface area (Å²) in [5.74, 6) is -2.81. The lowest BCUT2D eigenvalue weighted by Crippen LogP contribution is -2.31. The summed E-state index contributed by atoms with van der Waals surface area (Å²) in [6.45, 7) is 1.94. The van der Waals surface area contributed by atoms with Gasteiger partial charge in [-0.05, 0) is 55.5 Å². The molecule has 1 aliphatic heterocycles. The monoisotopic (exact) mass is 456 g/mol. The number of hydrogen-bond acceptors (Lipinski definition) is 7. The summed E-state index contributed by atoms with van der Waals surface area (Å²) >= 11 is 1.05. The fourth-order valence-electron chi connectivity index (χ4n) is 3.04. The van der Waals surface area contributed by atoms with E-state index < -0.39 is 23.1 Å². The second-order valence-corrected chi connectivity index (χ2v) is 7.96. The molecular weight excluding hydrogens is 436 g/mol. The number of carboxylic acids is 1. The number of amides is 3. The van der Waals surface area contributed by atoms with Crippen molar-refractivity contribution >= 4 is 52.8 Å². The molecule has 1 saturated heterocycles. The van der Waals surface area contributed by atoms with Gasteiger partial charge >= 0.3 is 11.9 Å². The number of anilines is 2. The number of nitrogens with zero attached hydrogens (tertiary/aromatic N) is 1. The molecule has 0 bridgehead atoms. The van der Waals surface area contributed by atoms with Crippen molar-refractivity contribution in [3.05, 3.63) is 59.7 Å². The molecule has 1 heterocycles. The highest BCUT2D eigenvalue weighted by Gasteiger charge is 2.40. The summed E-state index contributed by atoms with van der Waals surface area (Å²) < 4.78 is 4.91. The molecule has 9 nitrogen and oxygen atoms in total. The van der Waals surface area contributed by atoms with Crippen molar-refractivity contribution in [2.24, 2.45) is 0 Å². The Kier molecular flexibility index (Phi) is 7.26. The molecule has 0 radical (unpaired) electrons. The van der Waals surface area contributed by atoms with E-state index in [1.165, 1.54) is 48.5 Å². The van der Waals surface area contributed by atoms with Crippen LogP contribution in [0.15, 0.2) is 48.5 Å². The summed E-state index contributed by atoms with van der Waals surface area (Å²) in [6.07, 6.45) is -0.0380. The van der Waals surface area contributed by atoms with Gasteiger partial charge in [0.15, 0.2) is 0 Å². The van der Waals surface area contributed by atoms with Crippen molar-refractivity contribution in [2.75, 3.05) is 22.6 Å². The van der Waals surface area contributed by atoms with Gasteiger partial charge in [0.05, 0.1) is 34.4 Å². The van der Waals surface area contributed by atoms with E-state index in [4.69, 9.17) is 9.84 Å².